The van der Waals surface area contributed by atoms with Gasteiger partial charge in [-0.1, -0.05) is 77.5 Å². The molecule has 5 aromatic rings. The number of non-ortho nitro benzene ring substituents is 1. The molecular formula is C35H25BrClN3O5S. The second-order valence-corrected chi connectivity index (χ2v) is 13.2. The number of nitro groups is 1. The monoisotopic (exact) mass is 713 g/mol. The molecule has 2 heterocycles. The van der Waals surface area contributed by atoms with Crippen molar-refractivity contribution in [1.82, 2.24) is 4.57 Å². The number of aromatic nitrogens is 1. The molecule has 11 heteroatoms. The molecule has 8 nitrogen and oxygen atoms in total. The summed E-state index contributed by atoms with van der Waals surface area (Å²) in [7, 11) is 1.56. The maximum atomic E-state index is 14.2. The second kappa shape index (κ2) is 12.4. The minimum absolute atomic E-state index is 0.0243. The molecule has 230 valence electrons. The number of nitrogens with zero attached hydrogens (tertiary/aromatic N) is 3. The van der Waals surface area contributed by atoms with Crippen molar-refractivity contribution < 1.29 is 14.4 Å². The first-order valence-corrected chi connectivity index (χ1v) is 16.4. The summed E-state index contributed by atoms with van der Waals surface area (Å²) in [5.41, 5.74) is 6.01. The van der Waals surface area contributed by atoms with Crippen molar-refractivity contribution in [2.24, 2.45) is 4.99 Å². The fourth-order valence-corrected chi connectivity index (χ4v) is 7.78. The lowest BCUT2D eigenvalue weighted by Gasteiger charge is -2.30. The first-order chi connectivity index (χ1) is 22.3. The lowest BCUT2D eigenvalue weighted by Crippen LogP contribution is -2.38. The van der Waals surface area contributed by atoms with Crippen LogP contribution in [0, 0.1) is 10.1 Å². The molecule has 0 saturated heterocycles. The molecule has 1 aromatic heterocycles. The number of nitro benzene ring substituents is 1. The van der Waals surface area contributed by atoms with Crippen LogP contribution >= 0.6 is 38.9 Å². The van der Waals surface area contributed by atoms with E-state index >= 15 is 0 Å². The van der Waals surface area contributed by atoms with Crippen molar-refractivity contribution in [3.8, 4) is 11.5 Å². The van der Waals surface area contributed by atoms with E-state index in [1.807, 2.05) is 60.7 Å². The molecule has 0 bridgehead atoms. The van der Waals surface area contributed by atoms with Crippen molar-refractivity contribution in [2.75, 3.05) is 7.11 Å². The standard InChI is InChI=1S/C35H25BrClN3O5S/c1-44-29-16-20(15-27(36)33(29)45-19-23-8-3-5-12-28(23)37)17-30-34(41)39-32(22-9-6-10-24(18-22)40(42)43)26-14-13-21-7-2-4-11-25(21)31(26)38-35(39)46-30/h2-12,15-18,32H,13-14,19H2,1H3/b30-17+/t32-/m1/s1. The Morgan fingerprint density at radius 1 is 1.09 bits per heavy atom. The third kappa shape index (κ3) is 5.46. The van der Waals surface area contributed by atoms with Gasteiger partial charge in [-0.3, -0.25) is 19.5 Å². The Balaban J connectivity index is 1.35. The number of halogens is 2. The van der Waals surface area contributed by atoms with E-state index in [1.165, 1.54) is 23.0 Å². The number of methoxy groups -OCH3 is 1. The largest absolute Gasteiger partial charge is 0.493 e. The molecule has 0 fully saturated rings. The van der Waals surface area contributed by atoms with E-state index in [1.54, 1.807) is 29.9 Å². The van der Waals surface area contributed by atoms with Gasteiger partial charge in [0.1, 0.15) is 6.61 Å². The number of thiazole rings is 1. The first-order valence-electron chi connectivity index (χ1n) is 14.4. The zero-order valence-electron chi connectivity index (χ0n) is 24.4. The fourth-order valence-electron chi connectivity index (χ4n) is 6.01. The Bertz CT molecular complexity index is 2260. The molecule has 0 N–H and O–H groups in total. The summed E-state index contributed by atoms with van der Waals surface area (Å²) in [4.78, 5) is 31.1. The molecule has 0 unspecified atom stereocenters. The second-order valence-electron chi connectivity index (χ2n) is 10.9. The predicted octanol–water partition coefficient (Wildman–Crippen LogP) is 7.23. The van der Waals surface area contributed by atoms with Crippen LogP contribution in [0.2, 0.25) is 5.02 Å². The van der Waals surface area contributed by atoms with Crippen LogP contribution in [-0.2, 0) is 13.0 Å². The van der Waals surface area contributed by atoms with Crippen LogP contribution in [0.1, 0.15) is 40.3 Å². The number of hydrogen-bond donors (Lipinski definition) is 0. The van der Waals surface area contributed by atoms with Crippen molar-refractivity contribution in [3.63, 3.8) is 0 Å². The van der Waals surface area contributed by atoms with Crippen LogP contribution in [-0.4, -0.2) is 16.6 Å². The summed E-state index contributed by atoms with van der Waals surface area (Å²) in [6.45, 7) is 0.248. The van der Waals surface area contributed by atoms with Crippen LogP contribution in [0.3, 0.4) is 0 Å². The highest BCUT2D eigenvalue weighted by molar-refractivity contribution is 9.10. The van der Waals surface area contributed by atoms with Gasteiger partial charge in [0.25, 0.3) is 11.2 Å². The van der Waals surface area contributed by atoms with Crippen molar-refractivity contribution in [1.29, 1.82) is 0 Å². The molecule has 0 radical (unpaired) electrons. The third-order valence-corrected chi connectivity index (χ3v) is 10.1. The summed E-state index contributed by atoms with van der Waals surface area (Å²) in [6.07, 6.45) is 3.28. The van der Waals surface area contributed by atoms with Crippen LogP contribution < -0.4 is 24.4 Å². The van der Waals surface area contributed by atoms with Gasteiger partial charge in [-0.05, 0) is 75.3 Å². The van der Waals surface area contributed by atoms with Crippen LogP contribution in [0.25, 0.3) is 11.8 Å². The summed E-state index contributed by atoms with van der Waals surface area (Å²) in [6, 6.07) is 25.3. The number of allylic oxidation sites excluding steroid dienone is 1. The van der Waals surface area contributed by atoms with E-state index in [0.29, 0.717) is 42.3 Å². The smallest absolute Gasteiger partial charge is 0.271 e. The maximum Gasteiger partial charge on any atom is 0.271 e. The van der Waals surface area contributed by atoms with Gasteiger partial charge in [0.05, 0.1) is 32.8 Å². The SMILES string of the molecule is COc1cc(/C=c2/sc3n(c2=O)[C@H](c2cccc([N+](=O)[O-])c2)C2=C(N=3)c3ccccc3CC2)cc(Br)c1OCc1ccccc1Cl. The molecule has 0 saturated carbocycles. The Kier molecular flexibility index (Phi) is 8.10. The highest BCUT2D eigenvalue weighted by Crippen LogP contribution is 2.42. The minimum Gasteiger partial charge on any atom is -0.493 e. The lowest BCUT2D eigenvalue weighted by atomic mass is 9.83. The van der Waals surface area contributed by atoms with Gasteiger partial charge in [-0.15, -0.1) is 0 Å². The van der Waals surface area contributed by atoms with Gasteiger partial charge in [-0.2, -0.15) is 0 Å². The van der Waals surface area contributed by atoms with Gasteiger partial charge >= 0.3 is 0 Å². The summed E-state index contributed by atoms with van der Waals surface area (Å²) in [5, 5.41) is 12.3. The van der Waals surface area contributed by atoms with Gasteiger partial charge in [0.2, 0.25) is 0 Å². The lowest BCUT2D eigenvalue weighted by molar-refractivity contribution is -0.384. The highest BCUT2D eigenvalue weighted by Gasteiger charge is 2.33. The highest BCUT2D eigenvalue weighted by atomic mass is 79.9. The van der Waals surface area contributed by atoms with E-state index in [9.17, 15) is 14.9 Å². The number of benzene rings is 4. The van der Waals surface area contributed by atoms with E-state index < -0.39 is 11.0 Å². The topological polar surface area (TPSA) is 96.0 Å². The molecule has 2 aliphatic rings. The van der Waals surface area contributed by atoms with Crippen molar-refractivity contribution in [3.05, 3.63) is 158 Å². The van der Waals surface area contributed by atoms with Gasteiger partial charge in [0, 0.05) is 28.3 Å². The molecule has 1 atom stereocenters. The molecule has 0 spiro atoms. The van der Waals surface area contributed by atoms with Crippen molar-refractivity contribution >= 4 is 56.3 Å². The summed E-state index contributed by atoms with van der Waals surface area (Å²) >= 11 is 11.2. The molecule has 1 aliphatic heterocycles. The Morgan fingerprint density at radius 3 is 2.70 bits per heavy atom. The average Bonchev–Trinajstić information content (AvgIpc) is 3.37. The number of hydrogen-bond acceptors (Lipinski definition) is 7. The van der Waals surface area contributed by atoms with Gasteiger partial charge in [-0.25, -0.2) is 4.99 Å². The van der Waals surface area contributed by atoms with Crippen LogP contribution in [0.15, 0.2) is 105 Å². The quantitative estimate of drug-likeness (QED) is 0.131. The molecule has 0 amide bonds. The van der Waals surface area contributed by atoms with Crippen LogP contribution in [0.5, 0.6) is 11.5 Å². The number of rotatable bonds is 7. The Labute approximate surface area is 280 Å². The van der Waals surface area contributed by atoms with E-state index in [0.717, 1.165) is 34.4 Å². The van der Waals surface area contributed by atoms with Gasteiger partial charge in [0.15, 0.2) is 16.3 Å². The first kappa shape index (κ1) is 30.2. The third-order valence-electron chi connectivity index (χ3n) is 8.15. The normalized spacial score (nSPS) is 15.5. The zero-order valence-corrected chi connectivity index (χ0v) is 27.6. The van der Waals surface area contributed by atoms with Gasteiger partial charge < -0.3 is 9.47 Å². The summed E-state index contributed by atoms with van der Waals surface area (Å²) in [5.74, 6) is 1.00. The van der Waals surface area contributed by atoms with E-state index in [4.69, 9.17) is 26.1 Å². The molecule has 4 aromatic carbocycles. The number of fused-ring (bicyclic) bond motifs is 3. The molecular weight excluding hydrogens is 690 g/mol. The van der Waals surface area contributed by atoms with E-state index in [2.05, 4.69) is 22.0 Å². The predicted molar refractivity (Wildman–Crippen MR) is 182 cm³/mol. The Morgan fingerprint density at radius 2 is 1.89 bits per heavy atom. The van der Waals surface area contributed by atoms with E-state index in [-0.39, 0.29) is 17.9 Å². The number of ether oxygens (including phenoxy) is 2. The molecule has 7 rings (SSSR count). The summed E-state index contributed by atoms with van der Waals surface area (Å²) < 4.78 is 14.6. The Hall–Kier alpha value is -4.51. The maximum absolute atomic E-state index is 14.2. The molecule has 46 heavy (non-hydrogen) atoms. The minimum atomic E-state index is -0.525. The van der Waals surface area contributed by atoms with Crippen LogP contribution in [0.4, 0.5) is 5.69 Å². The fraction of sp³-hybridized carbons (Fsp3) is 0.143. The molecule has 1 aliphatic carbocycles. The zero-order chi connectivity index (χ0) is 31.9. The average molecular weight is 715 g/mol. The van der Waals surface area contributed by atoms with Crippen molar-refractivity contribution in [2.45, 2.75) is 25.5 Å². The number of aryl methyl sites for hydroxylation is 1.